The van der Waals surface area contributed by atoms with Crippen molar-refractivity contribution in [2.24, 2.45) is 0 Å². The number of nitrogens with zero attached hydrogens (tertiary/aromatic N) is 4. The molecule has 0 saturated carbocycles. The SMILES string of the molecule is O=C(CN1CCOCC1)N1CCN(C(=O)c2cccc(CN3CCOCC3)c2)CC1. The van der Waals surface area contributed by atoms with Crippen molar-refractivity contribution in [1.29, 1.82) is 0 Å². The van der Waals surface area contributed by atoms with Crippen LogP contribution >= 0.6 is 0 Å². The summed E-state index contributed by atoms with van der Waals surface area (Å²) in [6, 6.07) is 7.94. The minimum Gasteiger partial charge on any atom is -0.379 e. The Morgan fingerprint density at radius 2 is 1.37 bits per heavy atom. The number of benzene rings is 1. The van der Waals surface area contributed by atoms with Crippen LogP contribution in [0.5, 0.6) is 0 Å². The van der Waals surface area contributed by atoms with Crippen molar-refractivity contribution < 1.29 is 19.1 Å². The van der Waals surface area contributed by atoms with Crippen LogP contribution in [0, 0.1) is 0 Å². The fourth-order valence-corrected chi connectivity index (χ4v) is 4.21. The number of carbonyl (C=O) groups excluding carboxylic acids is 2. The monoisotopic (exact) mass is 416 g/mol. The smallest absolute Gasteiger partial charge is 0.253 e. The number of amides is 2. The van der Waals surface area contributed by atoms with Gasteiger partial charge in [0.05, 0.1) is 33.0 Å². The van der Waals surface area contributed by atoms with E-state index in [4.69, 9.17) is 9.47 Å². The molecule has 30 heavy (non-hydrogen) atoms. The van der Waals surface area contributed by atoms with Gasteiger partial charge in [0.2, 0.25) is 5.91 Å². The fourth-order valence-electron chi connectivity index (χ4n) is 4.21. The Kier molecular flexibility index (Phi) is 7.33. The fraction of sp³-hybridized carbons (Fsp3) is 0.636. The average molecular weight is 417 g/mol. The highest BCUT2D eigenvalue weighted by Gasteiger charge is 2.26. The van der Waals surface area contributed by atoms with Crippen molar-refractivity contribution >= 4 is 11.8 Å². The van der Waals surface area contributed by atoms with E-state index in [1.807, 2.05) is 28.0 Å². The summed E-state index contributed by atoms with van der Waals surface area (Å²) in [4.78, 5) is 33.8. The zero-order valence-corrected chi connectivity index (χ0v) is 17.6. The van der Waals surface area contributed by atoms with Gasteiger partial charge in [-0.1, -0.05) is 12.1 Å². The van der Waals surface area contributed by atoms with Crippen LogP contribution in [0.25, 0.3) is 0 Å². The molecular formula is C22H32N4O4. The average Bonchev–Trinajstić information content (AvgIpc) is 2.80. The predicted molar refractivity (Wildman–Crippen MR) is 112 cm³/mol. The number of carbonyl (C=O) groups is 2. The van der Waals surface area contributed by atoms with Gasteiger partial charge in [0.1, 0.15) is 0 Å². The first kappa shape index (κ1) is 21.2. The van der Waals surface area contributed by atoms with Crippen molar-refractivity contribution in [2.45, 2.75) is 6.54 Å². The summed E-state index contributed by atoms with van der Waals surface area (Å²) in [7, 11) is 0. The molecule has 0 aromatic heterocycles. The Balaban J connectivity index is 1.27. The van der Waals surface area contributed by atoms with Gasteiger partial charge < -0.3 is 19.3 Å². The van der Waals surface area contributed by atoms with Crippen molar-refractivity contribution in [2.75, 3.05) is 85.3 Å². The van der Waals surface area contributed by atoms with Gasteiger partial charge in [-0.2, -0.15) is 0 Å². The van der Waals surface area contributed by atoms with Crippen LogP contribution in [0.2, 0.25) is 0 Å². The summed E-state index contributed by atoms with van der Waals surface area (Å²) in [6.45, 7) is 10.1. The molecule has 0 aliphatic carbocycles. The lowest BCUT2D eigenvalue weighted by Gasteiger charge is -2.36. The standard InChI is InChI=1S/C22H32N4O4/c27-21(18-24-10-14-30-15-11-24)25-4-6-26(7-5-25)22(28)20-3-1-2-19(16-20)17-23-8-12-29-13-9-23/h1-3,16H,4-15,17-18H2. The highest BCUT2D eigenvalue weighted by atomic mass is 16.5. The molecule has 0 atom stereocenters. The lowest BCUT2D eigenvalue weighted by molar-refractivity contribution is -0.134. The van der Waals surface area contributed by atoms with Gasteiger partial charge in [-0.3, -0.25) is 19.4 Å². The molecule has 0 unspecified atom stereocenters. The van der Waals surface area contributed by atoms with E-state index in [9.17, 15) is 9.59 Å². The van der Waals surface area contributed by atoms with Crippen molar-refractivity contribution in [3.05, 3.63) is 35.4 Å². The molecule has 0 spiro atoms. The van der Waals surface area contributed by atoms with Crippen LogP contribution in [-0.4, -0.2) is 117 Å². The third-order valence-corrected chi connectivity index (χ3v) is 6.07. The van der Waals surface area contributed by atoms with Crippen molar-refractivity contribution in [3.8, 4) is 0 Å². The second kappa shape index (κ2) is 10.3. The minimum atomic E-state index is 0.0547. The molecule has 3 heterocycles. The van der Waals surface area contributed by atoms with E-state index in [0.717, 1.165) is 57.1 Å². The van der Waals surface area contributed by atoms with Crippen LogP contribution in [0.15, 0.2) is 24.3 Å². The zero-order valence-electron chi connectivity index (χ0n) is 17.6. The third kappa shape index (κ3) is 5.57. The molecule has 164 valence electrons. The van der Waals surface area contributed by atoms with Crippen LogP contribution in [0.3, 0.4) is 0 Å². The van der Waals surface area contributed by atoms with Crippen LogP contribution in [0.1, 0.15) is 15.9 Å². The van der Waals surface area contributed by atoms with E-state index in [1.54, 1.807) is 0 Å². The van der Waals surface area contributed by atoms with Gasteiger partial charge in [0.15, 0.2) is 0 Å². The molecule has 1 aromatic rings. The van der Waals surface area contributed by atoms with Gasteiger partial charge in [-0.25, -0.2) is 0 Å². The van der Waals surface area contributed by atoms with Crippen LogP contribution in [-0.2, 0) is 20.8 Å². The molecule has 8 heteroatoms. The summed E-state index contributed by atoms with van der Waals surface area (Å²) in [6.07, 6.45) is 0. The Bertz CT molecular complexity index is 724. The van der Waals surface area contributed by atoms with Gasteiger partial charge >= 0.3 is 0 Å². The molecule has 3 fully saturated rings. The number of hydrogen-bond acceptors (Lipinski definition) is 6. The van der Waals surface area contributed by atoms with Gasteiger partial charge in [-0.05, 0) is 17.7 Å². The maximum absolute atomic E-state index is 13.0. The minimum absolute atomic E-state index is 0.0547. The second-order valence-electron chi connectivity index (χ2n) is 8.15. The lowest BCUT2D eigenvalue weighted by atomic mass is 10.1. The van der Waals surface area contributed by atoms with E-state index in [1.165, 1.54) is 0 Å². The van der Waals surface area contributed by atoms with Crippen molar-refractivity contribution in [1.82, 2.24) is 19.6 Å². The summed E-state index contributed by atoms with van der Waals surface area (Å²) >= 11 is 0. The second-order valence-corrected chi connectivity index (χ2v) is 8.15. The number of hydrogen-bond donors (Lipinski definition) is 0. The molecule has 3 saturated heterocycles. The van der Waals surface area contributed by atoms with Crippen LogP contribution in [0.4, 0.5) is 0 Å². The molecule has 4 rings (SSSR count). The van der Waals surface area contributed by atoms with Gasteiger partial charge in [0, 0.05) is 64.5 Å². The normalized spacial score (nSPS) is 21.6. The quantitative estimate of drug-likeness (QED) is 0.680. The Hall–Kier alpha value is -2.00. The molecule has 1 aromatic carbocycles. The highest BCUT2D eigenvalue weighted by Crippen LogP contribution is 2.14. The maximum Gasteiger partial charge on any atom is 0.253 e. The highest BCUT2D eigenvalue weighted by molar-refractivity contribution is 5.94. The van der Waals surface area contributed by atoms with Crippen LogP contribution < -0.4 is 0 Å². The summed E-state index contributed by atoms with van der Waals surface area (Å²) in [5.41, 5.74) is 1.89. The third-order valence-electron chi connectivity index (χ3n) is 6.07. The van der Waals surface area contributed by atoms with E-state index in [-0.39, 0.29) is 11.8 Å². The summed E-state index contributed by atoms with van der Waals surface area (Å²) < 4.78 is 10.7. The molecule has 0 bridgehead atoms. The molecule has 8 nitrogen and oxygen atoms in total. The first-order valence-corrected chi connectivity index (χ1v) is 11.0. The van der Waals surface area contributed by atoms with E-state index < -0.39 is 0 Å². The number of ether oxygens (including phenoxy) is 2. The molecule has 0 radical (unpaired) electrons. The molecule has 2 amide bonds. The zero-order chi connectivity index (χ0) is 20.8. The Morgan fingerprint density at radius 1 is 0.767 bits per heavy atom. The first-order valence-electron chi connectivity index (χ1n) is 11.0. The Labute approximate surface area is 178 Å². The maximum atomic E-state index is 13.0. The molecule has 0 N–H and O–H groups in total. The van der Waals surface area contributed by atoms with E-state index >= 15 is 0 Å². The lowest BCUT2D eigenvalue weighted by Crippen LogP contribution is -2.53. The van der Waals surface area contributed by atoms with Gasteiger partial charge in [0.25, 0.3) is 5.91 Å². The molecule has 3 aliphatic rings. The topological polar surface area (TPSA) is 65.6 Å². The first-order chi connectivity index (χ1) is 14.7. The summed E-state index contributed by atoms with van der Waals surface area (Å²) in [5.74, 6) is 0.204. The van der Waals surface area contributed by atoms with Crippen molar-refractivity contribution in [3.63, 3.8) is 0 Å². The van der Waals surface area contributed by atoms with E-state index in [2.05, 4.69) is 15.9 Å². The number of morpholine rings is 2. The number of piperazine rings is 1. The largest absolute Gasteiger partial charge is 0.379 e. The Morgan fingerprint density at radius 3 is 2.03 bits per heavy atom. The van der Waals surface area contributed by atoms with E-state index in [0.29, 0.717) is 45.9 Å². The summed E-state index contributed by atoms with van der Waals surface area (Å²) in [5, 5.41) is 0. The molecular weight excluding hydrogens is 384 g/mol. The number of rotatable bonds is 5. The van der Waals surface area contributed by atoms with Gasteiger partial charge in [-0.15, -0.1) is 0 Å². The predicted octanol–water partition coefficient (Wildman–Crippen LogP) is 0.135. The molecule has 3 aliphatic heterocycles.